The Morgan fingerprint density at radius 3 is 2.53 bits per heavy atom. The van der Waals surface area contributed by atoms with Crippen LogP contribution in [0.2, 0.25) is 0 Å². The highest BCUT2D eigenvalue weighted by Crippen LogP contribution is 2.43. The smallest absolute Gasteiger partial charge is 0.120 e. The molecular weight excluding hydrogens is 210 g/mol. The minimum absolute atomic E-state index is 0.196. The van der Waals surface area contributed by atoms with Gasteiger partial charge in [-0.15, -0.1) is 0 Å². The van der Waals surface area contributed by atoms with Gasteiger partial charge in [0.15, 0.2) is 0 Å². The number of benzene rings is 2. The lowest BCUT2D eigenvalue weighted by molar-refractivity contribution is 0.242. The van der Waals surface area contributed by atoms with E-state index in [-0.39, 0.29) is 6.10 Å². The second kappa shape index (κ2) is 3.81. The maximum Gasteiger partial charge on any atom is 0.120 e. The molecule has 2 heteroatoms. The summed E-state index contributed by atoms with van der Waals surface area (Å²) in [6, 6.07) is 14.3. The van der Waals surface area contributed by atoms with Crippen molar-refractivity contribution in [1.82, 2.24) is 5.32 Å². The zero-order chi connectivity index (χ0) is 11.8. The number of fused-ring (bicyclic) bond motifs is 3. The number of para-hydroxylation sites is 1. The van der Waals surface area contributed by atoms with Crippen molar-refractivity contribution in [3.63, 3.8) is 0 Å². The van der Waals surface area contributed by atoms with E-state index in [4.69, 9.17) is 4.74 Å². The van der Waals surface area contributed by atoms with Gasteiger partial charge < -0.3 is 4.74 Å². The van der Waals surface area contributed by atoms with Crippen molar-refractivity contribution in [2.45, 2.75) is 20.0 Å². The zero-order valence-corrected chi connectivity index (χ0v) is 9.97. The van der Waals surface area contributed by atoms with E-state index in [9.17, 15) is 0 Å². The molecule has 3 rings (SSSR count). The minimum atomic E-state index is 0.196. The number of ether oxygens (including phenoxy) is 1. The maximum atomic E-state index is 5.71. The average molecular weight is 224 g/mol. The molecule has 0 saturated heterocycles. The molecule has 0 spiro atoms. The maximum absolute atomic E-state index is 5.71. The lowest BCUT2D eigenvalue weighted by atomic mass is 10.1. The van der Waals surface area contributed by atoms with Crippen LogP contribution >= 0.6 is 0 Å². The Hall–Kier alpha value is -1.96. The summed E-state index contributed by atoms with van der Waals surface area (Å²) in [5.74, 6) is 0.908. The van der Waals surface area contributed by atoms with Crippen LogP contribution in [-0.4, -0.2) is 6.10 Å². The van der Waals surface area contributed by atoms with Gasteiger partial charge in [-0.3, -0.25) is 0 Å². The summed E-state index contributed by atoms with van der Waals surface area (Å²) in [6.07, 6.45) is 0.196. The average Bonchev–Trinajstić information content (AvgIpc) is 2.66. The van der Waals surface area contributed by atoms with Crippen LogP contribution in [0.3, 0.4) is 0 Å². The number of rotatable bonds is 2. The first-order chi connectivity index (χ1) is 8.24. The molecule has 2 nitrogen and oxygen atoms in total. The predicted octanol–water partition coefficient (Wildman–Crippen LogP) is 4.02. The van der Waals surface area contributed by atoms with Crippen LogP contribution < -0.4 is 10.1 Å². The van der Waals surface area contributed by atoms with Gasteiger partial charge in [-0.1, -0.05) is 18.2 Å². The Balaban J connectivity index is 2.05. The van der Waals surface area contributed by atoms with Crippen LogP contribution in [0.15, 0.2) is 42.5 Å². The number of nitrogens with zero attached hydrogens (tertiary/aromatic N) is 1. The van der Waals surface area contributed by atoms with E-state index in [1.54, 1.807) is 0 Å². The molecule has 0 aromatic heterocycles. The molecule has 0 aliphatic carbocycles. The van der Waals surface area contributed by atoms with Crippen LogP contribution in [0.5, 0.6) is 5.75 Å². The third kappa shape index (κ3) is 1.76. The summed E-state index contributed by atoms with van der Waals surface area (Å²) < 4.78 is 5.71. The highest BCUT2D eigenvalue weighted by Gasteiger charge is 2.19. The molecule has 2 aromatic rings. The van der Waals surface area contributed by atoms with Gasteiger partial charge in [-0.05, 0) is 38.1 Å². The van der Waals surface area contributed by atoms with Crippen molar-refractivity contribution in [1.29, 1.82) is 0 Å². The van der Waals surface area contributed by atoms with Crippen molar-refractivity contribution in [2.24, 2.45) is 0 Å². The fourth-order valence-corrected chi connectivity index (χ4v) is 2.10. The lowest BCUT2D eigenvalue weighted by Crippen LogP contribution is -2.05. The first-order valence-corrected chi connectivity index (χ1v) is 5.86. The topological polar surface area (TPSA) is 23.3 Å². The molecular formula is C15H14NO. The fourth-order valence-electron chi connectivity index (χ4n) is 2.10. The summed E-state index contributed by atoms with van der Waals surface area (Å²) >= 11 is 0. The molecule has 2 aromatic carbocycles. The van der Waals surface area contributed by atoms with E-state index in [1.807, 2.05) is 44.2 Å². The molecule has 0 fully saturated rings. The third-order valence-corrected chi connectivity index (χ3v) is 2.77. The molecule has 1 heterocycles. The third-order valence-electron chi connectivity index (χ3n) is 2.77. The number of hydrogen-bond acceptors (Lipinski definition) is 1. The van der Waals surface area contributed by atoms with Gasteiger partial charge in [0, 0.05) is 11.1 Å². The van der Waals surface area contributed by atoms with Crippen molar-refractivity contribution < 1.29 is 4.74 Å². The van der Waals surface area contributed by atoms with Gasteiger partial charge >= 0.3 is 0 Å². The summed E-state index contributed by atoms with van der Waals surface area (Å²) in [5.41, 5.74) is 4.43. The summed E-state index contributed by atoms with van der Waals surface area (Å²) in [7, 11) is 0. The van der Waals surface area contributed by atoms with Gasteiger partial charge in [-0.25, -0.2) is 5.32 Å². The van der Waals surface area contributed by atoms with Crippen LogP contribution in [-0.2, 0) is 0 Å². The normalized spacial score (nSPS) is 11.9. The lowest BCUT2D eigenvalue weighted by Gasteiger charge is -2.10. The second-order valence-electron chi connectivity index (χ2n) is 4.47. The monoisotopic (exact) mass is 224 g/mol. The van der Waals surface area contributed by atoms with Gasteiger partial charge in [0.1, 0.15) is 5.75 Å². The van der Waals surface area contributed by atoms with Gasteiger partial charge in [-0.2, -0.15) is 0 Å². The highest BCUT2D eigenvalue weighted by atomic mass is 16.5. The van der Waals surface area contributed by atoms with E-state index >= 15 is 0 Å². The first-order valence-electron chi connectivity index (χ1n) is 5.86. The van der Waals surface area contributed by atoms with Gasteiger partial charge in [0.2, 0.25) is 0 Å². The van der Waals surface area contributed by atoms with Gasteiger partial charge in [0.05, 0.1) is 17.5 Å². The summed E-state index contributed by atoms with van der Waals surface area (Å²) in [4.78, 5) is 0. The Bertz CT molecular complexity index is 561. The number of hydrogen-bond donors (Lipinski definition) is 0. The molecule has 1 aliphatic heterocycles. The fraction of sp³-hybridized carbons (Fsp3) is 0.200. The summed E-state index contributed by atoms with van der Waals surface area (Å²) in [6.45, 7) is 4.07. The molecule has 0 N–H and O–H groups in total. The SMILES string of the molecule is CC(C)Oc1ccc2c(c1)-c1ccccc1[N]2. The summed E-state index contributed by atoms with van der Waals surface area (Å²) in [5, 5.41) is 4.58. The Labute approximate surface area is 101 Å². The predicted molar refractivity (Wildman–Crippen MR) is 69.1 cm³/mol. The van der Waals surface area contributed by atoms with Crippen molar-refractivity contribution >= 4 is 11.4 Å². The molecule has 0 bridgehead atoms. The van der Waals surface area contributed by atoms with E-state index in [0.29, 0.717) is 0 Å². The van der Waals surface area contributed by atoms with Crippen LogP contribution in [0.25, 0.3) is 11.1 Å². The molecule has 0 saturated carbocycles. The molecule has 0 amide bonds. The van der Waals surface area contributed by atoms with Gasteiger partial charge in [0.25, 0.3) is 0 Å². The van der Waals surface area contributed by atoms with E-state index in [0.717, 1.165) is 17.1 Å². The standard InChI is InChI=1S/C15H14NO/c1-10(2)17-11-7-8-15-13(9-11)12-5-3-4-6-14(12)16-15/h3-10H,1-2H3. The zero-order valence-electron chi connectivity index (χ0n) is 9.97. The highest BCUT2D eigenvalue weighted by molar-refractivity contribution is 5.91. The van der Waals surface area contributed by atoms with E-state index in [2.05, 4.69) is 17.4 Å². The van der Waals surface area contributed by atoms with Crippen molar-refractivity contribution in [3.8, 4) is 16.9 Å². The minimum Gasteiger partial charge on any atom is -0.491 e. The molecule has 1 aliphatic rings. The van der Waals surface area contributed by atoms with Crippen LogP contribution in [0.4, 0.5) is 11.4 Å². The van der Waals surface area contributed by atoms with Crippen LogP contribution in [0, 0.1) is 0 Å². The van der Waals surface area contributed by atoms with Crippen molar-refractivity contribution in [2.75, 3.05) is 0 Å². The Morgan fingerprint density at radius 1 is 0.941 bits per heavy atom. The largest absolute Gasteiger partial charge is 0.491 e. The van der Waals surface area contributed by atoms with E-state index < -0.39 is 0 Å². The Kier molecular flexibility index (Phi) is 2.29. The first kappa shape index (κ1) is 10.2. The molecule has 0 atom stereocenters. The molecule has 1 radical (unpaired) electrons. The quantitative estimate of drug-likeness (QED) is 0.644. The molecule has 17 heavy (non-hydrogen) atoms. The molecule has 0 unspecified atom stereocenters. The second-order valence-corrected chi connectivity index (χ2v) is 4.47. The molecule has 85 valence electrons. The van der Waals surface area contributed by atoms with Crippen molar-refractivity contribution in [3.05, 3.63) is 42.5 Å². The Morgan fingerprint density at radius 2 is 1.71 bits per heavy atom. The van der Waals surface area contributed by atoms with E-state index in [1.165, 1.54) is 11.1 Å². The van der Waals surface area contributed by atoms with Crippen LogP contribution in [0.1, 0.15) is 13.8 Å².